The number of anilines is 1. The molecule has 2 aromatic carbocycles. The van der Waals surface area contributed by atoms with Gasteiger partial charge in [0, 0.05) is 7.05 Å². The van der Waals surface area contributed by atoms with E-state index in [0.29, 0.717) is 11.3 Å². The molecule has 108 valence electrons. The molecule has 0 saturated heterocycles. The average Bonchev–Trinajstić information content (AvgIpc) is 2.49. The zero-order chi connectivity index (χ0) is 15.6. The van der Waals surface area contributed by atoms with E-state index >= 15 is 0 Å². The Morgan fingerprint density at radius 3 is 2.19 bits per heavy atom. The lowest BCUT2D eigenvalue weighted by Crippen LogP contribution is -2.26. The molecule has 0 atom stereocenters. The van der Waals surface area contributed by atoms with Crippen LogP contribution in [0.4, 0.5) is 5.69 Å². The fourth-order valence-corrected chi connectivity index (χ4v) is 3.27. The van der Waals surface area contributed by atoms with Gasteiger partial charge in [0.05, 0.1) is 32.3 Å². The van der Waals surface area contributed by atoms with Crippen LogP contribution in [0.5, 0.6) is 0 Å². The summed E-state index contributed by atoms with van der Waals surface area (Å²) in [6, 6.07) is 12.3. The Hall–Kier alpha value is -1.74. The van der Waals surface area contributed by atoms with E-state index < -0.39 is 10.0 Å². The molecule has 0 spiro atoms. The van der Waals surface area contributed by atoms with Gasteiger partial charge in [-0.25, -0.2) is 8.42 Å². The average molecular weight is 341 g/mol. The highest BCUT2D eigenvalue weighted by molar-refractivity contribution is 7.92. The van der Waals surface area contributed by atoms with Crippen molar-refractivity contribution in [2.45, 2.75) is 4.90 Å². The number of rotatable bonds is 3. The van der Waals surface area contributed by atoms with E-state index in [1.165, 1.54) is 25.2 Å². The third kappa shape index (κ3) is 3.13. The largest absolute Gasteiger partial charge is 0.269 e. The van der Waals surface area contributed by atoms with Gasteiger partial charge in [0.25, 0.3) is 10.0 Å². The first-order chi connectivity index (χ1) is 9.86. The standard InChI is InChI=1S/C14H10Cl2N2O2S/c1-18(11-4-2-10(9-17)3-5-11)21(19,20)12-6-7-13(15)14(16)8-12/h2-8H,1H3. The van der Waals surface area contributed by atoms with Crippen molar-refractivity contribution in [1.82, 2.24) is 0 Å². The Bertz CT molecular complexity index is 812. The molecule has 0 fully saturated rings. The number of hydrogen-bond acceptors (Lipinski definition) is 3. The quantitative estimate of drug-likeness (QED) is 0.855. The van der Waals surface area contributed by atoms with Crippen molar-refractivity contribution >= 4 is 38.9 Å². The Morgan fingerprint density at radius 1 is 1.05 bits per heavy atom. The number of sulfonamides is 1. The summed E-state index contributed by atoms with van der Waals surface area (Å²) in [4.78, 5) is 0.0451. The normalized spacial score (nSPS) is 11.0. The third-order valence-electron chi connectivity index (χ3n) is 2.91. The number of hydrogen-bond donors (Lipinski definition) is 0. The minimum Gasteiger partial charge on any atom is -0.269 e. The highest BCUT2D eigenvalue weighted by Gasteiger charge is 2.22. The molecule has 0 aliphatic carbocycles. The number of halogens is 2. The molecule has 0 N–H and O–H groups in total. The van der Waals surface area contributed by atoms with Crippen molar-refractivity contribution < 1.29 is 8.42 Å². The monoisotopic (exact) mass is 340 g/mol. The van der Waals surface area contributed by atoms with Crippen molar-refractivity contribution in [1.29, 1.82) is 5.26 Å². The predicted octanol–water partition coefficient (Wildman–Crippen LogP) is 3.69. The molecule has 0 unspecified atom stereocenters. The van der Waals surface area contributed by atoms with Crippen LogP contribution in [0.3, 0.4) is 0 Å². The summed E-state index contributed by atoms with van der Waals surface area (Å²) in [6.45, 7) is 0. The molecule has 0 amide bonds. The van der Waals surface area contributed by atoms with Crippen molar-refractivity contribution in [2.75, 3.05) is 11.4 Å². The number of benzene rings is 2. The van der Waals surface area contributed by atoms with Crippen molar-refractivity contribution in [3.05, 3.63) is 58.1 Å². The summed E-state index contributed by atoms with van der Waals surface area (Å²) in [7, 11) is -2.31. The van der Waals surface area contributed by atoms with Gasteiger partial charge in [0.1, 0.15) is 0 Å². The van der Waals surface area contributed by atoms with E-state index in [2.05, 4.69) is 0 Å². The SMILES string of the molecule is CN(c1ccc(C#N)cc1)S(=O)(=O)c1ccc(Cl)c(Cl)c1. The summed E-state index contributed by atoms with van der Waals surface area (Å²) in [5, 5.41) is 9.21. The minimum atomic E-state index is -3.74. The molecule has 0 aromatic heterocycles. The predicted molar refractivity (Wildman–Crippen MR) is 83.2 cm³/mol. The summed E-state index contributed by atoms with van der Waals surface area (Å²) in [5.41, 5.74) is 0.902. The van der Waals surface area contributed by atoms with Crippen LogP contribution in [-0.2, 0) is 10.0 Å². The first-order valence-corrected chi connectivity index (χ1v) is 8.00. The van der Waals surface area contributed by atoms with Gasteiger partial charge >= 0.3 is 0 Å². The zero-order valence-electron chi connectivity index (χ0n) is 10.9. The molecule has 21 heavy (non-hydrogen) atoms. The first kappa shape index (κ1) is 15.6. The Kier molecular flexibility index (Phi) is 4.43. The zero-order valence-corrected chi connectivity index (χ0v) is 13.2. The van der Waals surface area contributed by atoms with Gasteiger partial charge in [-0.2, -0.15) is 5.26 Å². The molecule has 0 aliphatic rings. The van der Waals surface area contributed by atoms with Crippen LogP contribution in [0.1, 0.15) is 5.56 Å². The highest BCUT2D eigenvalue weighted by Crippen LogP contribution is 2.28. The molecule has 0 aliphatic heterocycles. The van der Waals surface area contributed by atoms with Gasteiger partial charge in [0.2, 0.25) is 0 Å². The van der Waals surface area contributed by atoms with Gasteiger partial charge in [-0.05, 0) is 42.5 Å². The van der Waals surface area contributed by atoms with Crippen LogP contribution in [-0.4, -0.2) is 15.5 Å². The van der Waals surface area contributed by atoms with Crippen LogP contribution in [0.25, 0.3) is 0 Å². The minimum absolute atomic E-state index is 0.0451. The third-order valence-corrected chi connectivity index (χ3v) is 5.43. The van der Waals surface area contributed by atoms with E-state index in [4.69, 9.17) is 28.5 Å². The summed E-state index contributed by atoms with van der Waals surface area (Å²) < 4.78 is 26.1. The van der Waals surface area contributed by atoms with Gasteiger partial charge in [-0.15, -0.1) is 0 Å². The molecule has 7 heteroatoms. The summed E-state index contributed by atoms with van der Waals surface area (Å²) >= 11 is 11.6. The lowest BCUT2D eigenvalue weighted by atomic mass is 10.2. The van der Waals surface area contributed by atoms with E-state index in [1.54, 1.807) is 24.3 Å². The molecule has 0 bridgehead atoms. The Morgan fingerprint density at radius 2 is 1.67 bits per heavy atom. The second-order valence-electron chi connectivity index (χ2n) is 4.21. The summed E-state index contributed by atoms with van der Waals surface area (Å²) in [5.74, 6) is 0. The number of nitriles is 1. The smallest absolute Gasteiger partial charge is 0.264 e. The molecular formula is C14H10Cl2N2O2S. The fraction of sp³-hybridized carbons (Fsp3) is 0.0714. The fourth-order valence-electron chi connectivity index (χ4n) is 1.68. The topological polar surface area (TPSA) is 61.2 Å². The molecule has 0 saturated carbocycles. The molecule has 4 nitrogen and oxygen atoms in total. The Labute approximate surface area is 133 Å². The first-order valence-electron chi connectivity index (χ1n) is 5.80. The molecule has 0 radical (unpaired) electrons. The molecule has 2 aromatic rings. The van der Waals surface area contributed by atoms with Crippen LogP contribution in [0.2, 0.25) is 10.0 Å². The van der Waals surface area contributed by atoms with E-state index in [-0.39, 0.29) is 14.9 Å². The molecular weight excluding hydrogens is 331 g/mol. The van der Waals surface area contributed by atoms with Crippen LogP contribution in [0, 0.1) is 11.3 Å². The van der Waals surface area contributed by atoms with E-state index in [0.717, 1.165) is 4.31 Å². The van der Waals surface area contributed by atoms with Crippen LogP contribution < -0.4 is 4.31 Å². The maximum atomic E-state index is 12.5. The molecule has 2 rings (SSSR count). The van der Waals surface area contributed by atoms with E-state index in [1.807, 2.05) is 6.07 Å². The van der Waals surface area contributed by atoms with Crippen molar-refractivity contribution in [3.63, 3.8) is 0 Å². The van der Waals surface area contributed by atoms with Gasteiger partial charge in [-0.1, -0.05) is 23.2 Å². The lowest BCUT2D eigenvalue weighted by Gasteiger charge is -2.19. The van der Waals surface area contributed by atoms with Gasteiger partial charge < -0.3 is 0 Å². The second kappa shape index (κ2) is 5.94. The van der Waals surface area contributed by atoms with Gasteiger partial charge in [-0.3, -0.25) is 4.31 Å². The molecule has 0 heterocycles. The Balaban J connectivity index is 2.42. The lowest BCUT2D eigenvalue weighted by molar-refractivity contribution is 0.594. The number of nitrogens with zero attached hydrogens (tertiary/aromatic N) is 2. The van der Waals surface area contributed by atoms with Crippen molar-refractivity contribution in [2.24, 2.45) is 0 Å². The van der Waals surface area contributed by atoms with Crippen LogP contribution >= 0.6 is 23.2 Å². The van der Waals surface area contributed by atoms with E-state index in [9.17, 15) is 8.42 Å². The highest BCUT2D eigenvalue weighted by atomic mass is 35.5. The van der Waals surface area contributed by atoms with Crippen molar-refractivity contribution in [3.8, 4) is 6.07 Å². The second-order valence-corrected chi connectivity index (χ2v) is 6.99. The van der Waals surface area contributed by atoms with Gasteiger partial charge in [0.15, 0.2) is 0 Å². The maximum Gasteiger partial charge on any atom is 0.264 e. The van der Waals surface area contributed by atoms with Crippen LogP contribution in [0.15, 0.2) is 47.4 Å². The summed E-state index contributed by atoms with van der Waals surface area (Å²) in [6.07, 6.45) is 0. The maximum absolute atomic E-state index is 12.5.